The van der Waals surface area contributed by atoms with Crippen LogP contribution in [-0.2, 0) is 14.1 Å². The largest absolute Gasteiger partial charge is 0.330 e. The number of hydrogen-bond donors (Lipinski definition) is 0. The molecule has 0 bridgehead atoms. The molecule has 0 aliphatic carbocycles. The maximum absolute atomic E-state index is 13.0. The van der Waals surface area contributed by atoms with Crippen molar-refractivity contribution in [2.24, 2.45) is 14.1 Å². The molecule has 0 spiro atoms. The Morgan fingerprint density at radius 3 is 2.30 bits per heavy atom. The molecule has 2 aromatic carbocycles. The van der Waals surface area contributed by atoms with Gasteiger partial charge in [0.25, 0.3) is 5.56 Å². The second-order valence-corrected chi connectivity index (χ2v) is 5.52. The Morgan fingerprint density at radius 1 is 0.913 bits per heavy atom. The van der Waals surface area contributed by atoms with Gasteiger partial charge in [0.15, 0.2) is 0 Å². The lowest BCUT2D eigenvalue weighted by atomic mass is 9.97. The summed E-state index contributed by atoms with van der Waals surface area (Å²) in [6.07, 6.45) is 0. The van der Waals surface area contributed by atoms with Gasteiger partial charge < -0.3 is 4.57 Å². The van der Waals surface area contributed by atoms with Gasteiger partial charge in [-0.3, -0.25) is 14.2 Å². The second-order valence-electron chi connectivity index (χ2n) is 5.52. The third-order valence-electron chi connectivity index (χ3n) is 4.22. The van der Waals surface area contributed by atoms with Gasteiger partial charge in [0.1, 0.15) is 5.56 Å². The van der Waals surface area contributed by atoms with Crippen LogP contribution in [0, 0.1) is 6.92 Å². The van der Waals surface area contributed by atoms with Crippen LogP contribution in [0.15, 0.2) is 52.1 Å². The first kappa shape index (κ1) is 15.0. The van der Waals surface area contributed by atoms with Crippen molar-refractivity contribution < 1.29 is 4.79 Å². The summed E-state index contributed by atoms with van der Waals surface area (Å²) in [6.45, 7) is 1.61. The van der Waals surface area contributed by atoms with E-state index in [0.29, 0.717) is 11.3 Å². The standard InChI is InChI=1S/C18H16N2O3/c1-11-15(17(22)20(3)18(23)19(11)2)16(21)14-10-6-8-12-7-4-5-9-13(12)14/h4-10H,1-3H3. The van der Waals surface area contributed by atoms with Crippen molar-refractivity contribution in [1.82, 2.24) is 9.13 Å². The van der Waals surface area contributed by atoms with Gasteiger partial charge >= 0.3 is 5.69 Å². The monoisotopic (exact) mass is 308 g/mol. The number of carbonyl (C=O) groups is 1. The smallest absolute Gasteiger partial charge is 0.300 e. The van der Waals surface area contributed by atoms with Crippen molar-refractivity contribution in [3.63, 3.8) is 0 Å². The van der Waals surface area contributed by atoms with Gasteiger partial charge in [-0.25, -0.2) is 4.79 Å². The molecule has 0 saturated heterocycles. The molecule has 3 rings (SSSR count). The Kier molecular flexibility index (Phi) is 3.48. The maximum atomic E-state index is 13.0. The molecule has 0 radical (unpaired) electrons. The van der Waals surface area contributed by atoms with Crippen LogP contribution >= 0.6 is 0 Å². The summed E-state index contributed by atoms with van der Waals surface area (Å²) in [5.41, 5.74) is -0.144. The molecule has 1 heterocycles. The lowest BCUT2D eigenvalue weighted by molar-refractivity contribution is 0.103. The van der Waals surface area contributed by atoms with Crippen LogP contribution in [0.2, 0.25) is 0 Å². The van der Waals surface area contributed by atoms with E-state index in [1.165, 1.54) is 11.6 Å². The highest BCUT2D eigenvalue weighted by Gasteiger charge is 2.21. The summed E-state index contributed by atoms with van der Waals surface area (Å²) in [4.78, 5) is 37.4. The number of fused-ring (bicyclic) bond motifs is 1. The summed E-state index contributed by atoms with van der Waals surface area (Å²) in [6, 6.07) is 12.9. The summed E-state index contributed by atoms with van der Waals surface area (Å²) in [7, 11) is 2.93. The van der Waals surface area contributed by atoms with Gasteiger partial charge in [0.05, 0.1) is 0 Å². The lowest BCUT2D eigenvalue weighted by Crippen LogP contribution is -2.41. The van der Waals surface area contributed by atoms with E-state index in [1.54, 1.807) is 26.1 Å². The topological polar surface area (TPSA) is 61.1 Å². The van der Waals surface area contributed by atoms with Gasteiger partial charge in [-0.1, -0.05) is 42.5 Å². The molecule has 0 unspecified atom stereocenters. The zero-order valence-electron chi connectivity index (χ0n) is 13.2. The van der Waals surface area contributed by atoms with Crippen LogP contribution in [0.4, 0.5) is 0 Å². The first-order valence-corrected chi connectivity index (χ1v) is 7.22. The van der Waals surface area contributed by atoms with Gasteiger partial charge in [-0.05, 0) is 17.7 Å². The molecule has 0 N–H and O–H groups in total. The number of carbonyl (C=O) groups excluding carboxylic acids is 1. The summed E-state index contributed by atoms with van der Waals surface area (Å²) in [5, 5.41) is 1.72. The van der Waals surface area contributed by atoms with Crippen LogP contribution in [0.25, 0.3) is 10.8 Å². The quantitative estimate of drug-likeness (QED) is 0.678. The first-order chi connectivity index (χ1) is 10.9. The fourth-order valence-electron chi connectivity index (χ4n) is 2.77. The van der Waals surface area contributed by atoms with E-state index >= 15 is 0 Å². The molecule has 0 amide bonds. The molecule has 3 aromatic rings. The molecule has 0 fully saturated rings. The summed E-state index contributed by atoms with van der Waals surface area (Å²) in [5.74, 6) is -0.365. The zero-order valence-corrected chi connectivity index (χ0v) is 13.2. The number of aromatic nitrogens is 2. The van der Waals surface area contributed by atoms with E-state index in [9.17, 15) is 14.4 Å². The Bertz CT molecular complexity index is 1050. The molecule has 0 saturated carbocycles. The zero-order chi connectivity index (χ0) is 16.7. The SMILES string of the molecule is Cc1c(C(=O)c2cccc3ccccc23)c(=O)n(C)c(=O)n1C. The molecule has 0 aliphatic rings. The normalized spacial score (nSPS) is 10.9. The highest BCUT2D eigenvalue weighted by molar-refractivity contribution is 6.16. The van der Waals surface area contributed by atoms with E-state index < -0.39 is 11.2 Å². The molecular weight excluding hydrogens is 292 g/mol. The number of nitrogens with zero attached hydrogens (tertiary/aromatic N) is 2. The van der Waals surface area contributed by atoms with E-state index in [2.05, 4.69) is 0 Å². The number of ketones is 1. The minimum atomic E-state index is -0.566. The van der Waals surface area contributed by atoms with Gasteiger partial charge in [0.2, 0.25) is 5.78 Å². The Balaban J connectivity index is 2.34. The van der Waals surface area contributed by atoms with Gasteiger partial charge in [-0.2, -0.15) is 0 Å². The Labute approximate surface area is 132 Å². The predicted molar refractivity (Wildman–Crippen MR) is 89.0 cm³/mol. The van der Waals surface area contributed by atoms with Crippen molar-refractivity contribution in [3.05, 3.63) is 80.1 Å². The van der Waals surface area contributed by atoms with E-state index in [0.717, 1.165) is 15.3 Å². The van der Waals surface area contributed by atoms with Crippen molar-refractivity contribution in [2.45, 2.75) is 6.92 Å². The van der Waals surface area contributed by atoms with Crippen LogP contribution in [0.3, 0.4) is 0 Å². The van der Waals surface area contributed by atoms with Gasteiger partial charge in [-0.15, -0.1) is 0 Å². The molecule has 1 aromatic heterocycles. The average Bonchev–Trinajstić information content (AvgIpc) is 2.57. The van der Waals surface area contributed by atoms with Crippen LogP contribution in [0.5, 0.6) is 0 Å². The Hall–Kier alpha value is -2.95. The lowest BCUT2D eigenvalue weighted by Gasteiger charge is -2.12. The third-order valence-corrected chi connectivity index (χ3v) is 4.22. The summed E-state index contributed by atoms with van der Waals surface area (Å²) >= 11 is 0. The predicted octanol–water partition coefficient (Wildman–Crippen LogP) is 1.78. The van der Waals surface area contributed by atoms with Crippen molar-refractivity contribution in [2.75, 3.05) is 0 Å². The highest BCUT2D eigenvalue weighted by Crippen LogP contribution is 2.21. The summed E-state index contributed by atoms with van der Waals surface area (Å²) < 4.78 is 2.28. The minimum absolute atomic E-state index is 0.0333. The molecule has 5 nitrogen and oxygen atoms in total. The highest BCUT2D eigenvalue weighted by atomic mass is 16.2. The maximum Gasteiger partial charge on any atom is 0.330 e. The average molecular weight is 308 g/mol. The number of rotatable bonds is 2. The fraction of sp³-hybridized carbons (Fsp3) is 0.167. The van der Waals surface area contributed by atoms with Crippen molar-refractivity contribution in [3.8, 4) is 0 Å². The van der Waals surface area contributed by atoms with Crippen LogP contribution in [-0.4, -0.2) is 14.9 Å². The third kappa shape index (κ3) is 2.21. The minimum Gasteiger partial charge on any atom is -0.300 e. The molecular formula is C18H16N2O3. The Morgan fingerprint density at radius 2 is 1.57 bits per heavy atom. The first-order valence-electron chi connectivity index (χ1n) is 7.22. The molecule has 0 atom stereocenters. The fourth-order valence-corrected chi connectivity index (χ4v) is 2.77. The van der Waals surface area contributed by atoms with E-state index in [-0.39, 0.29) is 11.3 Å². The van der Waals surface area contributed by atoms with Crippen LogP contribution in [0.1, 0.15) is 21.6 Å². The van der Waals surface area contributed by atoms with Gasteiger partial charge in [0, 0.05) is 25.4 Å². The van der Waals surface area contributed by atoms with Crippen molar-refractivity contribution >= 4 is 16.6 Å². The number of benzene rings is 2. The molecule has 23 heavy (non-hydrogen) atoms. The molecule has 116 valence electrons. The number of hydrogen-bond acceptors (Lipinski definition) is 3. The molecule has 5 heteroatoms. The molecule has 0 aliphatic heterocycles. The van der Waals surface area contributed by atoms with Crippen LogP contribution < -0.4 is 11.2 Å². The second kappa shape index (κ2) is 5.35. The van der Waals surface area contributed by atoms with Crippen molar-refractivity contribution in [1.29, 1.82) is 0 Å². The van der Waals surface area contributed by atoms with E-state index in [1.807, 2.05) is 30.3 Å². The van der Waals surface area contributed by atoms with E-state index in [4.69, 9.17) is 0 Å².